The van der Waals surface area contributed by atoms with Crippen LogP contribution in [0.15, 0.2) is 12.2 Å². The van der Waals surface area contributed by atoms with Crippen molar-refractivity contribution < 1.29 is 23.9 Å². The molecule has 25 heavy (non-hydrogen) atoms. The van der Waals surface area contributed by atoms with Gasteiger partial charge in [0.2, 0.25) is 11.8 Å². The number of allylic oxidation sites excluding steroid dienone is 2. The number of esters is 1. The summed E-state index contributed by atoms with van der Waals surface area (Å²) in [5.41, 5.74) is 0. The summed E-state index contributed by atoms with van der Waals surface area (Å²) in [5, 5.41) is 2.77. The van der Waals surface area contributed by atoms with Crippen molar-refractivity contribution in [1.82, 2.24) is 10.2 Å². The zero-order valence-electron chi connectivity index (χ0n) is 15.0. The molecule has 2 rings (SSSR count). The lowest BCUT2D eigenvalue weighted by molar-refractivity contribution is -0.159. The fourth-order valence-electron chi connectivity index (χ4n) is 3.33. The van der Waals surface area contributed by atoms with Gasteiger partial charge in [0.1, 0.15) is 6.04 Å². The van der Waals surface area contributed by atoms with E-state index >= 15 is 0 Å². The number of amides is 3. The van der Waals surface area contributed by atoms with E-state index in [-0.39, 0.29) is 35.6 Å². The number of likely N-dealkylation sites (tertiary alicyclic amines) is 1. The van der Waals surface area contributed by atoms with Crippen molar-refractivity contribution in [2.24, 2.45) is 11.8 Å². The molecule has 1 aliphatic carbocycles. The van der Waals surface area contributed by atoms with E-state index in [0.29, 0.717) is 12.8 Å². The maximum atomic E-state index is 12.4. The van der Waals surface area contributed by atoms with Gasteiger partial charge in [0, 0.05) is 6.04 Å². The summed E-state index contributed by atoms with van der Waals surface area (Å²) >= 11 is 0. The second kappa shape index (κ2) is 8.27. The van der Waals surface area contributed by atoms with E-state index in [1.54, 1.807) is 0 Å². The Balaban J connectivity index is 1.91. The number of imide groups is 1. The molecule has 0 spiro atoms. The molecule has 3 atom stereocenters. The highest BCUT2D eigenvalue weighted by molar-refractivity contribution is 6.08. The fraction of sp³-hybridized carbons (Fsp3) is 0.667. The molecule has 3 amide bonds. The van der Waals surface area contributed by atoms with E-state index in [1.807, 2.05) is 26.0 Å². The van der Waals surface area contributed by atoms with Gasteiger partial charge in [-0.25, -0.2) is 4.79 Å². The SMILES string of the molecule is CCC(CC)NC(=O)COC(=O)[C@H](C)N1C(=O)[C@@H]2CC=CC[C@H]2C1=O. The van der Waals surface area contributed by atoms with Gasteiger partial charge in [-0.2, -0.15) is 0 Å². The first-order valence-electron chi connectivity index (χ1n) is 8.88. The topological polar surface area (TPSA) is 92.8 Å². The molecule has 7 heteroatoms. The zero-order chi connectivity index (χ0) is 18.6. The normalized spacial score (nSPS) is 23.6. The molecule has 0 aromatic rings. The third kappa shape index (κ3) is 4.08. The first kappa shape index (κ1) is 19.1. The molecule has 1 fully saturated rings. The van der Waals surface area contributed by atoms with Crippen molar-refractivity contribution in [3.63, 3.8) is 0 Å². The predicted octanol–water partition coefficient (Wildman–Crippen LogP) is 1.17. The van der Waals surface area contributed by atoms with Crippen LogP contribution in [0.3, 0.4) is 0 Å². The monoisotopic (exact) mass is 350 g/mol. The number of nitrogens with zero attached hydrogens (tertiary/aromatic N) is 1. The number of hydrogen-bond donors (Lipinski definition) is 1. The van der Waals surface area contributed by atoms with Gasteiger partial charge in [-0.1, -0.05) is 26.0 Å². The van der Waals surface area contributed by atoms with Gasteiger partial charge in [0.15, 0.2) is 6.61 Å². The quantitative estimate of drug-likeness (QED) is 0.423. The number of ether oxygens (including phenoxy) is 1. The standard InChI is InChI=1S/C18H26N2O5/c1-4-12(5-2)19-15(21)10-25-18(24)11(3)20-16(22)13-8-6-7-9-14(13)17(20)23/h6-7,11-14H,4-5,8-10H2,1-3H3,(H,19,21)/t11-,13+,14+/m0/s1. The Morgan fingerprint density at radius 1 is 1.16 bits per heavy atom. The summed E-state index contributed by atoms with van der Waals surface area (Å²) in [6, 6.07) is -0.979. The number of nitrogens with one attached hydrogen (secondary N) is 1. The van der Waals surface area contributed by atoms with Crippen LogP contribution in [0.5, 0.6) is 0 Å². The molecule has 0 unspecified atom stereocenters. The van der Waals surface area contributed by atoms with E-state index in [4.69, 9.17) is 4.74 Å². The maximum absolute atomic E-state index is 12.4. The third-order valence-corrected chi connectivity index (χ3v) is 4.97. The average molecular weight is 350 g/mol. The Bertz CT molecular complexity index is 556. The van der Waals surface area contributed by atoms with Crippen LogP contribution in [0, 0.1) is 11.8 Å². The van der Waals surface area contributed by atoms with Crippen LogP contribution < -0.4 is 5.32 Å². The first-order valence-corrected chi connectivity index (χ1v) is 8.88. The van der Waals surface area contributed by atoms with Crippen molar-refractivity contribution in [2.45, 2.75) is 58.5 Å². The fourth-order valence-corrected chi connectivity index (χ4v) is 3.33. The van der Waals surface area contributed by atoms with E-state index in [1.165, 1.54) is 6.92 Å². The van der Waals surface area contributed by atoms with Crippen molar-refractivity contribution in [2.75, 3.05) is 6.61 Å². The van der Waals surface area contributed by atoms with Crippen LogP contribution in [0.4, 0.5) is 0 Å². The molecule has 0 radical (unpaired) electrons. The average Bonchev–Trinajstić information content (AvgIpc) is 2.88. The summed E-state index contributed by atoms with van der Waals surface area (Å²) in [7, 11) is 0. The van der Waals surface area contributed by atoms with Crippen LogP contribution in [0.2, 0.25) is 0 Å². The Labute approximate surface area is 147 Å². The molecule has 0 bridgehead atoms. The molecule has 138 valence electrons. The smallest absolute Gasteiger partial charge is 0.329 e. The highest BCUT2D eigenvalue weighted by Gasteiger charge is 2.50. The second-order valence-corrected chi connectivity index (χ2v) is 6.57. The van der Waals surface area contributed by atoms with Gasteiger partial charge < -0.3 is 10.1 Å². The van der Waals surface area contributed by atoms with Gasteiger partial charge in [-0.05, 0) is 32.6 Å². The summed E-state index contributed by atoms with van der Waals surface area (Å²) in [6.07, 6.45) is 6.40. The number of hydrogen-bond acceptors (Lipinski definition) is 5. The van der Waals surface area contributed by atoms with E-state index in [0.717, 1.165) is 17.7 Å². The number of carbonyl (C=O) groups is 4. The Hall–Kier alpha value is -2.18. The molecule has 7 nitrogen and oxygen atoms in total. The molecule has 0 saturated carbocycles. The van der Waals surface area contributed by atoms with Crippen molar-refractivity contribution in [3.8, 4) is 0 Å². The zero-order valence-corrected chi connectivity index (χ0v) is 15.0. The van der Waals surface area contributed by atoms with Gasteiger partial charge >= 0.3 is 5.97 Å². The van der Waals surface area contributed by atoms with Gasteiger partial charge in [-0.3, -0.25) is 19.3 Å². The van der Waals surface area contributed by atoms with Crippen LogP contribution in [0.25, 0.3) is 0 Å². The largest absolute Gasteiger partial charge is 0.454 e. The maximum Gasteiger partial charge on any atom is 0.329 e. The van der Waals surface area contributed by atoms with Gasteiger partial charge in [0.25, 0.3) is 5.91 Å². The number of fused-ring (bicyclic) bond motifs is 1. The summed E-state index contributed by atoms with van der Waals surface area (Å²) in [4.78, 5) is 49.9. The van der Waals surface area contributed by atoms with E-state index in [9.17, 15) is 19.2 Å². The van der Waals surface area contributed by atoms with E-state index < -0.39 is 18.6 Å². The van der Waals surface area contributed by atoms with Crippen LogP contribution in [0.1, 0.15) is 46.5 Å². The molecule has 2 aliphatic rings. The molecule has 1 N–H and O–H groups in total. The summed E-state index contributed by atoms with van der Waals surface area (Å²) in [5.74, 6) is -2.55. The lowest BCUT2D eigenvalue weighted by Gasteiger charge is -2.22. The molecular weight excluding hydrogens is 324 g/mol. The second-order valence-electron chi connectivity index (χ2n) is 6.57. The van der Waals surface area contributed by atoms with Gasteiger partial charge in [-0.15, -0.1) is 0 Å². The van der Waals surface area contributed by atoms with Crippen molar-refractivity contribution in [1.29, 1.82) is 0 Å². The third-order valence-electron chi connectivity index (χ3n) is 4.97. The number of carbonyl (C=O) groups excluding carboxylic acids is 4. The lowest BCUT2D eigenvalue weighted by atomic mass is 9.85. The van der Waals surface area contributed by atoms with Crippen LogP contribution in [-0.2, 0) is 23.9 Å². The Morgan fingerprint density at radius 3 is 2.16 bits per heavy atom. The highest BCUT2D eigenvalue weighted by atomic mass is 16.5. The summed E-state index contributed by atoms with van der Waals surface area (Å²) in [6.45, 7) is 4.97. The summed E-state index contributed by atoms with van der Waals surface area (Å²) < 4.78 is 5.01. The van der Waals surface area contributed by atoms with Crippen molar-refractivity contribution in [3.05, 3.63) is 12.2 Å². The minimum atomic E-state index is -1.02. The molecule has 1 aliphatic heterocycles. The number of rotatable bonds is 7. The van der Waals surface area contributed by atoms with Crippen LogP contribution in [-0.4, -0.2) is 47.3 Å². The Morgan fingerprint density at radius 2 is 1.68 bits per heavy atom. The first-order chi connectivity index (χ1) is 11.9. The van der Waals surface area contributed by atoms with Gasteiger partial charge in [0.05, 0.1) is 11.8 Å². The molecular formula is C18H26N2O5. The minimum Gasteiger partial charge on any atom is -0.454 e. The molecule has 1 saturated heterocycles. The lowest BCUT2D eigenvalue weighted by Crippen LogP contribution is -2.45. The van der Waals surface area contributed by atoms with Crippen molar-refractivity contribution >= 4 is 23.7 Å². The predicted molar refractivity (Wildman–Crippen MR) is 90.1 cm³/mol. The molecule has 1 heterocycles. The molecule has 0 aromatic heterocycles. The van der Waals surface area contributed by atoms with Crippen LogP contribution >= 0.6 is 0 Å². The Kier molecular flexibility index (Phi) is 6.33. The molecule has 0 aromatic carbocycles. The van der Waals surface area contributed by atoms with E-state index in [2.05, 4.69) is 5.32 Å². The minimum absolute atomic E-state index is 0.0426. The highest BCUT2D eigenvalue weighted by Crippen LogP contribution is 2.36.